The van der Waals surface area contributed by atoms with Gasteiger partial charge in [-0.15, -0.1) is 0 Å². The number of rotatable bonds is 8. The molecule has 0 aliphatic rings. The van der Waals surface area contributed by atoms with Gasteiger partial charge in [0, 0.05) is 13.0 Å². The van der Waals surface area contributed by atoms with Gasteiger partial charge in [0.2, 0.25) is 0 Å². The summed E-state index contributed by atoms with van der Waals surface area (Å²) in [5.74, 6) is -1.13. The molecule has 0 aromatic carbocycles. The van der Waals surface area contributed by atoms with Gasteiger partial charge in [0.15, 0.2) is 6.10 Å². The molecule has 0 aromatic rings. The second kappa shape index (κ2) is 8.91. The first kappa shape index (κ1) is 15.8. The zero-order valence-electron chi connectivity index (χ0n) is 9.76. The molecule has 100 valence electrons. The summed E-state index contributed by atoms with van der Waals surface area (Å²) in [4.78, 5) is 22.1. The average molecular weight is 249 g/mol. The Labute approximate surface area is 99.4 Å². The number of aliphatic hydroxyl groups excluding tert-OH is 3. The van der Waals surface area contributed by atoms with Crippen LogP contribution in [0.25, 0.3) is 0 Å². The lowest BCUT2D eigenvalue weighted by atomic mass is 10.2. The Hall–Kier alpha value is -1.18. The number of hydrogen-bond acceptors (Lipinski definition) is 6. The van der Waals surface area contributed by atoms with Crippen molar-refractivity contribution in [3.8, 4) is 0 Å². The van der Waals surface area contributed by atoms with Gasteiger partial charge in [0.25, 0.3) is 5.91 Å². The van der Waals surface area contributed by atoms with E-state index >= 15 is 0 Å². The van der Waals surface area contributed by atoms with Crippen molar-refractivity contribution in [2.24, 2.45) is 0 Å². The summed E-state index contributed by atoms with van der Waals surface area (Å²) in [5.41, 5.74) is 0. The number of amides is 1. The largest absolute Gasteiger partial charge is 0.466 e. The molecular weight excluding hydrogens is 230 g/mol. The molecule has 0 spiro atoms. The minimum Gasteiger partial charge on any atom is -0.466 e. The predicted octanol–water partition coefficient (Wildman–Crippen LogP) is -1.84. The molecule has 0 aromatic heterocycles. The summed E-state index contributed by atoms with van der Waals surface area (Å²) in [6.45, 7) is 1.50. The van der Waals surface area contributed by atoms with Crippen LogP contribution in [0.4, 0.5) is 0 Å². The molecule has 0 radical (unpaired) electrons. The van der Waals surface area contributed by atoms with Gasteiger partial charge in [-0.25, -0.2) is 0 Å². The maximum Gasteiger partial charge on any atom is 0.305 e. The van der Waals surface area contributed by atoms with Crippen LogP contribution in [0.2, 0.25) is 0 Å². The maximum atomic E-state index is 11.2. The van der Waals surface area contributed by atoms with Crippen molar-refractivity contribution in [1.82, 2.24) is 5.32 Å². The molecule has 0 fully saturated rings. The highest BCUT2D eigenvalue weighted by atomic mass is 16.5. The van der Waals surface area contributed by atoms with E-state index in [-0.39, 0.29) is 18.9 Å². The average Bonchev–Trinajstić information content (AvgIpc) is 2.32. The molecule has 0 rings (SSSR count). The van der Waals surface area contributed by atoms with Crippen molar-refractivity contribution in [2.75, 3.05) is 19.8 Å². The number of aliphatic hydroxyl groups is 3. The number of hydrogen-bond donors (Lipinski definition) is 4. The number of nitrogens with one attached hydrogen (secondary N) is 1. The van der Waals surface area contributed by atoms with Gasteiger partial charge in [0.05, 0.1) is 13.2 Å². The summed E-state index contributed by atoms with van der Waals surface area (Å²) < 4.78 is 4.68. The number of carbonyl (C=O) groups excluding carboxylic acids is 2. The van der Waals surface area contributed by atoms with E-state index in [1.54, 1.807) is 6.92 Å². The molecule has 0 aliphatic heterocycles. The SMILES string of the molecule is CCOC(=O)CCCNC(=O)[C@H](O)[C@H](O)CO. The molecule has 7 heteroatoms. The molecule has 1 amide bonds. The summed E-state index contributed by atoms with van der Waals surface area (Å²) in [5, 5.41) is 29.0. The molecule has 17 heavy (non-hydrogen) atoms. The smallest absolute Gasteiger partial charge is 0.305 e. The van der Waals surface area contributed by atoms with E-state index in [9.17, 15) is 9.59 Å². The first-order valence-corrected chi connectivity index (χ1v) is 5.43. The summed E-state index contributed by atoms with van der Waals surface area (Å²) in [7, 11) is 0. The lowest BCUT2D eigenvalue weighted by molar-refractivity contribution is -0.143. The highest BCUT2D eigenvalue weighted by Gasteiger charge is 2.22. The fourth-order valence-electron chi connectivity index (χ4n) is 1.06. The van der Waals surface area contributed by atoms with Gasteiger partial charge in [-0.1, -0.05) is 0 Å². The zero-order valence-corrected chi connectivity index (χ0v) is 9.76. The van der Waals surface area contributed by atoms with Gasteiger partial charge < -0.3 is 25.4 Å². The van der Waals surface area contributed by atoms with E-state index in [1.807, 2.05) is 0 Å². The Morgan fingerprint density at radius 3 is 2.53 bits per heavy atom. The van der Waals surface area contributed by atoms with Crippen LogP contribution in [0.15, 0.2) is 0 Å². The Morgan fingerprint density at radius 1 is 1.35 bits per heavy atom. The number of ether oxygens (including phenoxy) is 1. The second-order valence-corrected chi connectivity index (χ2v) is 3.39. The Morgan fingerprint density at radius 2 is 2.00 bits per heavy atom. The topological polar surface area (TPSA) is 116 Å². The van der Waals surface area contributed by atoms with Crippen LogP contribution < -0.4 is 5.32 Å². The van der Waals surface area contributed by atoms with Crippen molar-refractivity contribution >= 4 is 11.9 Å². The Balaban J connectivity index is 3.68. The van der Waals surface area contributed by atoms with Crippen molar-refractivity contribution < 1.29 is 29.6 Å². The van der Waals surface area contributed by atoms with Crippen molar-refractivity contribution in [3.05, 3.63) is 0 Å². The predicted molar refractivity (Wildman–Crippen MR) is 58.0 cm³/mol. The van der Waals surface area contributed by atoms with Crippen molar-refractivity contribution in [2.45, 2.75) is 32.0 Å². The number of carbonyl (C=O) groups is 2. The lowest BCUT2D eigenvalue weighted by Gasteiger charge is -2.14. The number of esters is 1. The Bertz CT molecular complexity index is 245. The third kappa shape index (κ3) is 6.88. The first-order chi connectivity index (χ1) is 8.02. The maximum absolute atomic E-state index is 11.2. The van der Waals surface area contributed by atoms with E-state index < -0.39 is 24.7 Å². The molecule has 4 N–H and O–H groups in total. The van der Waals surface area contributed by atoms with Crippen LogP contribution >= 0.6 is 0 Å². The van der Waals surface area contributed by atoms with E-state index in [4.69, 9.17) is 15.3 Å². The lowest BCUT2D eigenvalue weighted by Crippen LogP contribution is -2.44. The molecule has 0 unspecified atom stereocenters. The molecular formula is C10H19NO6. The minimum absolute atomic E-state index is 0.173. The van der Waals surface area contributed by atoms with Gasteiger partial charge in [-0.05, 0) is 13.3 Å². The van der Waals surface area contributed by atoms with Crippen molar-refractivity contribution in [3.63, 3.8) is 0 Å². The molecule has 0 saturated carbocycles. The molecule has 7 nitrogen and oxygen atoms in total. The second-order valence-electron chi connectivity index (χ2n) is 3.39. The Kier molecular flexibility index (Phi) is 8.29. The normalized spacial score (nSPS) is 13.9. The van der Waals surface area contributed by atoms with Crippen LogP contribution in [0, 0.1) is 0 Å². The quantitative estimate of drug-likeness (QED) is 0.297. The van der Waals surface area contributed by atoms with Gasteiger partial charge in [-0.3, -0.25) is 9.59 Å². The molecule has 0 saturated heterocycles. The van der Waals surface area contributed by atoms with Crippen LogP contribution in [0.5, 0.6) is 0 Å². The van der Waals surface area contributed by atoms with Gasteiger partial charge in [-0.2, -0.15) is 0 Å². The first-order valence-electron chi connectivity index (χ1n) is 5.43. The monoisotopic (exact) mass is 249 g/mol. The minimum atomic E-state index is -1.66. The third-order valence-corrected chi connectivity index (χ3v) is 1.98. The van der Waals surface area contributed by atoms with E-state index in [1.165, 1.54) is 0 Å². The van der Waals surface area contributed by atoms with Gasteiger partial charge in [0.1, 0.15) is 6.10 Å². The van der Waals surface area contributed by atoms with Crippen molar-refractivity contribution in [1.29, 1.82) is 0 Å². The van der Waals surface area contributed by atoms with Crippen LogP contribution in [0.1, 0.15) is 19.8 Å². The fraction of sp³-hybridized carbons (Fsp3) is 0.800. The molecule has 0 heterocycles. The standard InChI is InChI=1S/C10H19NO6/c1-2-17-8(14)4-3-5-11-10(16)9(15)7(13)6-12/h7,9,12-13,15H,2-6H2,1H3,(H,11,16)/t7-,9-/m1/s1. The van der Waals surface area contributed by atoms with E-state index in [0.717, 1.165) is 0 Å². The van der Waals surface area contributed by atoms with Crippen LogP contribution in [0.3, 0.4) is 0 Å². The zero-order chi connectivity index (χ0) is 13.3. The summed E-state index contributed by atoms with van der Waals surface area (Å²) in [6.07, 6.45) is -2.61. The van der Waals surface area contributed by atoms with Crippen LogP contribution in [-0.4, -0.2) is 59.2 Å². The van der Waals surface area contributed by atoms with E-state index in [2.05, 4.69) is 10.1 Å². The third-order valence-electron chi connectivity index (χ3n) is 1.98. The highest BCUT2D eigenvalue weighted by molar-refractivity contribution is 5.81. The summed E-state index contributed by atoms with van der Waals surface area (Å²) in [6, 6.07) is 0. The molecule has 0 bridgehead atoms. The molecule has 2 atom stereocenters. The van der Waals surface area contributed by atoms with E-state index in [0.29, 0.717) is 13.0 Å². The van der Waals surface area contributed by atoms with Crippen LogP contribution in [-0.2, 0) is 14.3 Å². The fourth-order valence-corrected chi connectivity index (χ4v) is 1.06. The highest BCUT2D eigenvalue weighted by Crippen LogP contribution is 1.94. The molecule has 0 aliphatic carbocycles. The van der Waals surface area contributed by atoms with Gasteiger partial charge >= 0.3 is 5.97 Å². The summed E-state index contributed by atoms with van der Waals surface area (Å²) >= 11 is 0.